The molecule has 1 heterocycles. The van der Waals surface area contributed by atoms with E-state index >= 15 is 0 Å². The van der Waals surface area contributed by atoms with Gasteiger partial charge in [0.2, 0.25) is 5.91 Å². The molecule has 1 aromatic heterocycles. The predicted molar refractivity (Wildman–Crippen MR) is 82.2 cm³/mol. The van der Waals surface area contributed by atoms with Gasteiger partial charge in [-0.1, -0.05) is 29.8 Å². The Hall–Kier alpha value is -1.88. The van der Waals surface area contributed by atoms with Gasteiger partial charge in [-0.15, -0.1) is 10.2 Å². The summed E-state index contributed by atoms with van der Waals surface area (Å²) in [7, 11) is 1.88. The Morgan fingerprint density at radius 1 is 1.38 bits per heavy atom. The average molecular weight is 307 g/mol. The van der Waals surface area contributed by atoms with Crippen molar-refractivity contribution in [1.82, 2.24) is 20.1 Å². The van der Waals surface area contributed by atoms with Gasteiger partial charge >= 0.3 is 0 Å². The third-order valence-corrected chi connectivity index (χ3v) is 3.88. The summed E-state index contributed by atoms with van der Waals surface area (Å²) in [6.07, 6.45) is 2.28. The number of benzene rings is 1. The van der Waals surface area contributed by atoms with Crippen LogP contribution >= 0.6 is 11.6 Å². The second-order valence-corrected chi connectivity index (χ2v) is 5.88. The number of carbonyl (C=O) groups excluding carboxylic acids is 1. The van der Waals surface area contributed by atoms with Crippen molar-refractivity contribution < 1.29 is 4.79 Å². The summed E-state index contributed by atoms with van der Waals surface area (Å²) in [5.41, 5.74) is 0.140. The highest BCUT2D eigenvalue weighted by Gasteiger charge is 2.31. The molecule has 0 aliphatic carbocycles. The second-order valence-electron chi connectivity index (χ2n) is 5.47. The summed E-state index contributed by atoms with van der Waals surface area (Å²) in [5, 5.41) is 11.3. The first-order valence-corrected chi connectivity index (χ1v) is 7.17. The molecule has 21 heavy (non-hydrogen) atoms. The van der Waals surface area contributed by atoms with Crippen LogP contribution in [0.3, 0.4) is 0 Å². The summed E-state index contributed by atoms with van der Waals surface area (Å²) in [6, 6.07) is 7.42. The fourth-order valence-electron chi connectivity index (χ4n) is 2.13. The highest BCUT2D eigenvalue weighted by Crippen LogP contribution is 2.29. The number of nitrogens with zero attached hydrogens (tertiary/aromatic N) is 3. The van der Waals surface area contributed by atoms with E-state index in [0.717, 1.165) is 11.4 Å². The summed E-state index contributed by atoms with van der Waals surface area (Å²) >= 11 is 6.19. The molecule has 112 valence electrons. The van der Waals surface area contributed by atoms with E-state index in [2.05, 4.69) is 15.5 Å². The van der Waals surface area contributed by atoms with Gasteiger partial charge in [0.1, 0.15) is 12.2 Å². The van der Waals surface area contributed by atoms with Gasteiger partial charge in [-0.3, -0.25) is 4.79 Å². The quantitative estimate of drug-likeness (QED) is 0.920. The molecule has 1 aromatic carbocycles. The Balaban J connectivity index is 1.99. The monoisotopic (exact) mass is 306 g/mol. The Morgan fingerprint density at radius 2 is 2.10 bits per heavy atom. The molecule has 0 unspecified atom stereocenters. The van der Waals surface area contributed by atoms with Crippen molar-refractivity contribution in [2.24, 2.45) is 7.05 Å². The van der Waals surface area contributed by atoms with Gasteiger partial charge in [-0.05, 0) is 25.5 Å². The smallest absolute Gasteiger partial charge is 0.230 e. The van der Waals surface area contributed by atoms with Crippen LogP contribution in [-0.2, 0) is 23.7 Å². The molecule has 6 heteroatoms. The Labute approximate surface area is 129 Å². The van der Waals surface area contributed by atoms with E-state index in [1.807, 2.05) is 43.7 Å². The fourth-order valence-corrected chi connectivity index (χ4v) is 2.50. The van der Waals surface area contributed by atoms with Crippen molar-refractivity contribution in [3.63, 3.8) is 0 Å². The van der Waals surface area contributed by atoms with E-state index in [-0.39, 0.29) is 5.91 Å². The normalized spacial score (nSPS) is 11.4. The molecule has 0 saturated carbocycles. The number of aromatic nitrogens is 3. The largest absolute Gasteiger partial charge is 0.355 e. The van der Waals surface area contributed by atoms with E-state index in [0.29, 0.717) is 18.0 Å². The molecule has 0 fully saturated rings. The highest BCUT2D eigenvalue weighted by atomic mass is 35.5. The van der Waals surface area contributed by atoms with E-state index in [4.69, 9.17) is 11.6 Å². The topological polar surface area (TPSA) is 59.8 Å². The van der Waals surface area contributed by atoms with Crippen LogP contribution in [0.15, 0.2) is 30.6 Å². The molecule has 2 aromatic rings. The Kier molecular flexibility index (Phi) is 4.63. The van der Waals surface area contributed by atoms with Crippen LogP contribution in [0.1, 0.15) is 25.2 Å². The van der Waals surface area contributed by atoms with Crippen molar-refractivity contribution in [3.05, 3.63) is 47.0 Å². The molecule has 0 atom stereocenters. The lowest BCUT2D eigenvalue weighted by Gasteiger charge is -2.25. The molecule has 0 aliphatic rings. The molecule has 0 radical (unpaired) electrons. The Bertz CT molecular complexity index is 636. The van der Waals surface area contributed by atoms with Gasteiger partial charge in [0.15, 0.2) is 0 Å². The number of amides is 1. The van der Waals surface area contributed by atoms with Gasteiger partial charge in [0, 0.05) is 25.0 Å². The first-order chi connectivity index (χ1) is 9.93. The van der Waals surface area contributed by atoms with Gasteiger partial charge in [-0.2, -0.15) is 0 Å². The van der Waals surface area contributed by atoms with Crippen LogP contribution in [0.5, 0.6) is 0 Å². The zero-order valence-electron chi connectivity index (χ0n) is 12.4. The van der Waals surface area contributed by atoms with Crippen molar-refractivity contribution in [3.8, 4) is 0 Å². The van der Waals surface area contributed by atoms with Crippen LogP contribution in [0.25, 0.3) is 0 Å². The number of nitrogens with one attached hydrogen (secondary N) is 1. The lowest BCUT2D eigenvalue weighted by atomic mass is 9.83. The van der Waals surface area contributed by atoms with E-state index in [1.54, 1.807) is 12.4 Å². The molecule has 0 bridgehead atoms. The SMILES string of the molecule is Cn1cnnc1CCNC(=O)C(C)(C)c1ccccc1Cl. The maximum absolute atomic E-state index is 12.4. The first kappa shape index (κ1) is 15.5. The fraction of sp³-hybridized carbons (Fsp3) is 0.400. The molecule has 0 spiro atoms. The lowest BCUT2D eigenvalue weighted by molar-refractivity contribution is -0.125. The summed E-state index contributed by atoms with van der Waals surface area (Å²) in [5.74, 6) is 0.781. The maximum atomic E-state index is 12.4. The van der Waals surface area contributed by atoms with Gasteiger partial charge in [0.05, 0.1) is 5.41 Å². The zero-order chi connectivity index (χ0) is 15.5. The van der Waals surface area contributed by atoms with Crippen molar-refractivity contribution >= 4 is 17.5 Å². The number of aryl methyl sites for hydroxylation is 1. The third kappa shape index (κ3) is 3.42. The van der Waals surface area contributed by atoms with Crippen LogP contribution < -0.4 is 5.32 Å². The number of hydrogen-bond donors (Lipinski definition) is 1. The summed E-state index contributed by atoms with van der Waals surface area (Å²) < 4.78 is 1.84. The van der Waals surface area contributed by atoms with Crippen LogP contribution in [0, 0.1) is 0 Å². The maximum Gasteiger partial charge on any atom is 0.230 e. The number of rotatable bonds is 5. The van der Waals surface area contributed by atoms with Crippen molar-refractivity contribution in [2.45, 2.75) is 25.7 Å². The summed E-state index contributed by atoms with van der Waals surface area (Å²) in [4.78, 5) is 12.4. The minimum Gasteiger partial charge on any atom is -0.355 e. The minimum atomic E-state index is -0.682. The number of halogens is 1. The molecule has 1 N–H and O–H groups in total. The van der Waals surface area contributed by atoms with E-state index in [9.17, 15) is 4.79 Å². The molecule has 1 amide bonds. The third-order valence-electron chi connectivity index (χ3n) is 3.55. The summed E-state index contributed by atoms with van der Waals surface area (Å²) in [6.45, 7) is 4.25. The molecule has 5 nitrogen and oxygen atoms in total. The van der Waals surface area contributed by atoms with Crippen LogP contribution in [0.2, 0.25) is 5.02 Å². The zero-order valence-corrected chi connectivity index (χ0v) is 13.2. The van der Waals surface area contributed by atoms with Gasteiger partial charge in [-0.25, -0.2) is 0 Å². The number of hydrogen-bond acceptors (Lipinski definition) is 3. The molecule has 2 rings (SSSR count). The second kappa shape index (κ2) is 6.26. The molecule has 0 aliphatic heterocycles. The van der Waals surface area contributed by atoms with Crippen LogP contribution in [0.4, 0.5) is 0 Å². The van der Waals surface area contributed by atoms with Gasteiger partial charge in [0.25, 0.3) is 0 Å². The van der Waals surface area contributed by atoms with Crippen molar-refractivity contribution in [2.75, 3.05) is 6.54 Å². The minimum absolute atomic E-state index is 0.0576. The first-order valence-electron chi connectivity index (χ1n) is 6.79. The predicted octanol–water partition coefficient (Wildman–Crippen LogP) is 2.10. The van der Waals surface area contributed by atoms with Gasteiger partial charge < -0.3 is 9.88 Å². The van der Waals surface area contributed by atoms with E-state index in [1.165, 1.54) is 0 Å². The molecular formula is C15H19ClN4O. The molecular weight excluding hydrogens is 288 g/mol. The highest BCUT2D eigenvalue weighted by molar-refractivity contribution is 6.31. The standard InChI is InChI=1S/C15H19ClN4O/c1-15(2,11-6-4-5-7-12(11)16)14(21)17-9-8-13-19-18-10-20(13)3/h4-7,10H,8-9H2,1-3H3,(H,17,21). The molecule has 0 saturated heterocycles. The van der Waals surface area contributed by atoms with E-state index < -0.39 is 5.41 Å². The van der Waals surface area contributed by atoms with Crippen molar-refractivity contribution in [1.29, 1.82) is 0 Å². The lowest BCUT2D eigenvalue weighted by Crippen LogP contribution is -2.41. The number of carbonyl (C=O) groups is 1. The average Bonchev–Trinajstić information content (AvgIpc) is 2.84. The van der Waals surface area contributed by atoms with Crippen LogP contribution in [-0.4, -0.2) is 27.2 Å². The Morgan fingerprint density at radius 3 is 2.71 bits per heavy atom.